The van der Waals surface area contributed by atoms with Crippen LogP contribution < -0.4 is 59.7 Å². The Kier molecular flexibility index (Phi) is 24.7. The van der Waals surface area contributed by atoms with Gasteiger partial charge in [-0.15, -0.1) is 0 Å². The normalized spacial score (nSPS) is 18.2. The molecule has 26 heteroatoms. The number of primary amides is 1. The second-order valence-electron chi connectivity index (χ2n) is 20.4. The summed E-state index contributed by atoms with van der Waals surface area (Å²) in [6, 6.07) is 2.89. The largest absolute Gasteiger partial charge is 0.508 e. The fraction of sp³-hybridized carbons (Fsp3) is 0.556. The lowest BCUT2D eigenvalue weighted by Crippen LogP contribution is -2.61. The van der Waals surface area contributed by atoms with Crippen molar-refractivity contribution in [3.05, 3.63) is 65.7 Å². The molecule has 0 saturated carbocycles. The van der Waals surface area contributed by atoms with Gasteiger partial charge in [-0.1, -0.05) is 62.7 Å². The average molecular weight is 1120 g/mol. The maximum Gasteiger partial charge on any atom is 0.245 e. The van der Waals surface area contributed by atoms with Crippen molar-refractivity contribution in [3.8, 4) is 5.75 Å². The van der Waals surface area contributed by atoms with Crippen molar-refractivity contribution in [3.63, 3.8) is 0 Å². The lowest BCUT2D eigenvalue weighted by atomic mass is 9.96. The molecule has 2 aliphatic rings. The van der Waals surface area contributed by atoms with Gasteiger partial charge in [-0.05, 0) is 95.4 Å². The molecule has 80 heavy (non-hydrogen) atoms. The molecule has 0 radical (unpaired) electrons. The van der Waals surface area contributed by atoms with E-state index in [-0.39, 0.29) is 56.4 Å². The molecule has 2 fully saturated rings. The summed E-state index contributed by atoms with van der Waals surface area (Å²) in [6.45, 7) is 11.2. The molecule has 15 N–H and O–H groups in total. The van der Waals surface area contributed by atoms with E-state index >= 15 is 0 Å². The first kappa shape index (κ1) is 64.2. The zero-order chi connectivity index (χ0) is 59.4. The summed E-state index contributed by atoms with van der Waals surface area (Å²) < 4.78 is 0. The van der Waals surface area contributed by atoms with E-state index in [1.54, 1.807) is 44.2 Å². The number of nitrogens with zero attached hydrogens (tertiary/aromatic N) is 3. The van der Waals surface area contributed by atoms with Crippen LogP contribution in [0.4, 0.5) is 0 Å². The number of phenolic OH excluding ortho intramolecular Hbond substituents is 1. The van der Waals surface area contributed by atoms with Gasteiger partial charge < -0.3 is 74.6 Å². The highest BCUT2D eigenvalue weighted by Gasteiger charge is 2.39. The van der Waals surface area contributed by atoms with E-state index < -0.39 is 125 Å². The smallest absolute Gasteiger partial charge is 0.245 e. The monoisotopic (exact) mass is 1120 g/mol. The highest BCUT2D eigenvalue weighted by atomic mass is 16.3. The number of benzene rings is 2. The Labute approximate surface area is 465 Å². The van der Waals surface area contributed by atoms with Crippen molar-refractivity contribution >= 4 is 70.9 Å². The van der Waals surface area contributed by atoms with Crippen LogP contribution in [0.25, 0.3) is 0 Å². The third-order valence-corrected chi connectivity index (χ3v) is 14.1. The average Bonchev–Trinajstić information content (AvgIpc) is 4.14. The van der Waals surface area contributed by atoms with Gasteiger partial charge in [0.2, 0.25) is 65.0 Å². The number of amides is 11. The van der Waals surface area contributed by atoms with E-state index in [2.05, 4.69) is 47.5 Å². The number of aromatic hydroxyl groups is 1. The minimum Gasteiger partial charge on any atom is -0.508 e. The van der Waals surface area contributed by atoms with Gasteiger partial charge in [-0.25, -0.2) is 0 Å². The predicted molar refractivity (Wildman–Crippen MR) is 294 cm³/mol. The van der Waals surface area contributed by atoms with E-state index in [1.165, 1.54) is 68.7 Å². The van der Waals surface area contributed by atoms with Gasteiger partial charge in [0.05, 0.1) is 0 Å². The van der Waals surface area contributed by atoms with Gasteiger partial charge in [-0.3, -0.25) is 57.7 Å². The molecule has 4 rings (SSSR count). The number of likely N-dealkylation sites (tertiary alicyclic amines) is 2. The van der Waals surface area contributed by atoms with Crippen LogP contribution >= 0.6 is 0 Å². The van der Waals surface area contributed by atoms with Gasteiger partial charge in [0.1, 0.15) is 66.2 Å². The Morgan fingerprint density at radius 1 is 0.575 bits per heavy atom. The summed E-state index contributed by atoms with van der Waals surface area (Å²) in [4.78, 5) is 155. The van der Waals surface area contributed by atoms with Crippen molar-refractivity contribution in [1.29, 1.82) is 0 Å². The van der Waals surface area contributed by atoms with Crippen LogP contribution in [0.3, 0.4) is 0 Å². The van der Waals surface area contributed by atoms with Crippen LogP contribution in [0, 0.1) is 5.92 Å². The molecule has 2 heterocycles. The number of aliphatic imine (C=N–C) groups is 1. The molecule has 438 valence electrons. The van der Waals surface area contributed by atoms with Crippen LogP contribution in [0.15, 0.2) is 59.6 Å². The maximum absolute atomic E-state index is 14.4. The zero-order valence-electron chi connectivity index (χ0n) is 46.5. The van der Waals surface area contributed by atoms with Crippen LogP contribution in [0.5, 0.6) is 5.75 Å². The molecule has 0 aliphatic carbocycles. The summed E-state index contributed by atoms with van der Waals surface area (Å²) >= 11 is 0. The van der Waals surface area contributed by atoms with E-state index in [1.807, 2.05) is 0 Å². The van der Waals surface area contributed by atoms with Gasteiger partial charge in [0.25, 0.3) is 0 Å². The van der Waals surface area contributed by atoms with E-state index in [0.717, 1.165) is 0 Å². The molecule has 11 atom stereocenters. The van der Waals surface area contributed by atoms with Crippen molar-refractivity contribution in [2.24, 2.45) is 28.1 Å². The lowest BCUT2D eigenvalue weighted by Gasteiger charge is -2.30. The Bertz CT molecular complexity index is 2560. The molecule has 2 saturated heterocycles. The number of hydrogen-bond acceptors (Lipinski definition) is 13. The highest BCUT2D eigenvalue weighted by molar-refractivity contribution is 5.99. The summed E-state index contributed by atoms with van der Waals surface area (Å²) in [5.41, 5.74) is 17.6. The number of carbonyl (C=O) groups excluding carboxylic acids is 11. The molecule has 2 aromatic carbocycles. The Morgan fingerprint density at radius 3 is 1.56 bits per heavy atom. The third-order valence-electron chi connectivity index (χ3n) is 14.1. The number of nitrogens with one attached hydrogen (secondary N) is 8. The number of guanidine groups is 1. The number of phenols is 1. The second kappa shape index (κ2) is 30.7. The van der Waals surface area contributed by atoms with E-state index in [9.17, 15) is 57.8 Å². The minimum absolute atomic E-state index is 0.0471. The quantitative estimate of drug-likeness (QED) is 0.0243. The molecule has 2 aliphatic heterocycles. The van der Waals surface area contributed by atoms with Crippen molar-refractivity contribution in [2.45, 2.75) is 167 Å². The fourth-order valence-electron chi connectivity index (χ4n) is 9.21. The first-order valence-corrected chi connectivity index (χ1v) is 27.0. The number of nitrogens with two attached hydrogens (primary N) is 3. The van der Waals surface area contributed by atoms with Crippen LogP contribution in [-0.4, -0.2) is 166 Å². The molecule has 2 aromatic rings. The molecule has 0 unspecified atom stereocenters. The van der Waals surface area contributed by atoms with Crippen molar-refractivity contribution in [1.82, 2.24) is 52.3 Å². The fourth-order valence-corrected chi connectivity index (χ4v) is 9.21. The molecule has 0 aromatic heterocycles. The number of hydrogen-bond donors (Lipinski definition) is 12. The van der Waals surface area contributed by atoms with Crippen molar-refractivity contribution in [2.75, 3.05) is 19.6 Å². The number of rotatable bonds is 28. The van der Waals surface area contributed by atoms with Crippen LogP contribution in [0.1, 0.15) is 105 Å². The first-order chi connectivity index (χ1) is 37.8. The lowest BCUT2D eigenvalue weighted by molar-refractivity contribution is -0.141. The highest BCUT2D eigenvalue weighted by Crippen LogP contribution is 2.21. The van der Waals surface area contributed by atoms with Gasteiger partial charge in [0.15, 0.2) is 5.96 Å². The zero-order valence-corrected chi connectivity index (χ0v) is 46.5. The molecular formula is C54H80N14O12. The summed E-state index contributed by atoms with van der Waals surface area (Å²) in [7, 11) is 0. The predicted octanol–water partition coefficient (Wildman–Crippen LogP) is -2.28. The molecule has 11 amide bonds. The standard InChI is InChI=1S/C54H80N14O12/c1-8-29(2)43(52(79)62-33(6)46(73)63-38(17-12-24-58-54(56)57)53(80)68-26-13-18-41(68)44(55)71)66-50(77)40(28-36-20-22-37(70)23-21-36)65-48(75)32(5)60-49(76)39(27-35-15-10-9-11-16-35)64-47(74)31(4)59-45(72)30(3)61-51(78)42-19-14-25-67(42)34(7)69/h9-11,15-16,20-23,29-33,38-43,70H,8,12-14,17-19,24-28H2,1-7H3,(H2,55,71)(H,59,72)(H,60,76)(H,61,78)(H,62,79)(H,63,73)(H,64,74)(H,65,75)(H,66,77)(H4,56,57,58)/t29-,30-,31-,32-,33-,38-,39-,40-,41-,42-,43-/m0/s1. The van der Waals surface area contributed by atoms with Gasteiger partial charge >= 0.3 is 0 Å². The Balaban J connectivity index is 1.47. The number of carbonyl (C=O) groups is 11. The SMILES string of the molecule is CC[C@H](C)[C@H](NC(=O)[C@H](Cc1ccc(O)cc1)NC(=O)[C@H](C)NC(=O)[C@H](Cc1ccccc1)NC(=O)[C@H](C)NC(=O)[C@H](C)NC(=O)[C@@H]1CCCN1C(C)=O)C(=O)N[C@@H](C)C(=O)N[C@@H](CCCN=C(N)N)C(=O)N1CCC[C@H]1C(N)=O. The molecule has 0 spiro atoms. The van der Waals surface area contributed by atoms with Crippen molar-refractivity contribution < 1.29 is 57.8 Å². The van der Waals surface area contributed by atoms with Gasteiger partial charge in [-0.2, -0.15) is 0 Å². The maximum atomic E-state index is 14.4. The van der Waals surface area contributed by atoms with E-state index in [4.69, 9.17) is 17.2 Å². The third kappa shape index (κ3) is 19.2. The first-order valence-electron chi connectivity index (χ1n) is 27.0. The minimum atomic E-state index is -1.39. The summed E-state index contributed by atoms with van der Waals surface area (Å²) in [6.07, 6.45) is 2.46. The van der Waals surface area contributed by atoms with Crippen LogP contribution in [-0.2, 0) is 65.6 Å². The summed E-state index contributed by atoms with van der Waals surface area (Å²) in [5.74, 6) is -8.21. The van der Waals surface area contributed by atoms with Gasteiger partial charge in [0, 0.05) is 39.4 Å². The molecule has 0 bridgehead atoms. The topological polar surface area (TPSA) is 401 Å². The second-order valence-corrected chi connectivity index (χ2v) is 20.4. The van der Waals surface area contributed by atoms with E-state index in [0.29, 0.717) is 49.8 Å². The van der Waals surface area contributed by atoms with Crippen LogP contribution in [0.2, 0.25) is 0 Å². The molecular weight excluding hydrogens is 1040 g/mol. The Hall–Kier alpha value is -8.32. The molecule has 26 nitrogen and oxygen atoms in total. The summed E-state index contributed by atoms with van der Waals surface area (Å²) in [5, 5.41) is 31.1. The Morgan fingerprint density at radius 2 is 1.04 bits per heavy atom.